The molecule has 6 heteroatoms. The summed E-state index contributed by atoms with van der Waals surface area (Å²) in [4.78, 5) is 4.86. The van der Waals surface area contributed by atoms with Crippen molar-refractivity contribution in [1.82, 2.24) is 15.1 Å². The molecule has 25 heavy (non-hydrogen) atoms. The molecule has 1 aromatic carbocycles. The lowest BCUT2D eigenvalue weighted by molar-refractivity contribution is 0.114. The monoisotopic (exact) mass is 355 g/mol. The van der Waals surface area contributed by atoms with Gasteiger partial charge in [-0.05, 0) is 44.2 Å². The second-order valence-corrected chi connectivity index (χ2v) is 7.54. The summed E-state index contributed by atoms with van der Waals surface area (Å²) in [6.07, 6.45) is 2.60. The summed E-state index contributed by atoms with van der Waals surface area (Å²) in [6.45, 7) is 2.38. The molecule has 3 aromatic rings. The smallest absolute Gasteiger partial charge is 0.247 e. The first-order chi connectivity index (χ1) is 12.3. The Morgan fingerprint density at radius 3 is 2.80 bits per heavy atom. The van der Waals surface area contributed by atoms with Gasteiger partial charge in [-0.2, -0.15) is 0 Å². The molecule has 130 valence electrons. The average Bonchev–Trinajstić information content (AvgIpc) is 3.37. The fourth-order valence-corrected chi connectivity index (χ4v) is 4.20. The predicted molar refractivity (Wildman–Crippen MR) is 97.2 cm³/mol. The van der Waals surface area contributed by atoms with Crippen LogP contribution in [0.25, 0.3) is 11.5 Å². The van der Waals surface area contributed by atoms with Crippen LogP contribution in [0.4, 0.5) is 0 Å². The number of nitrogens with zero attached hydrogens (tertiary/aromatic N) is 3. The number of ether oxygens (including phenoxy) is 1. The van der Waals surface area contributed by atoms with Crippen LogP contribution in [0.5, 0.6) is 0 Å². The first-order valence-corrected chi connectivity index (χ1v) is 9.36. The minimum atomic E-state index is 0.299. The summed E-state index contributed by atoms with van der Waals surface area (Å²) in [5.74, 6) is 1.21. The Morgan fingerprint density at radius 1 is 1.12 bits per heavy atom. The van der Waals surface area contributed by atoms with Crippen LogP contribution in [0.1, 0.15) is 34.6 Å². The molecular weight excluding hydrogens is 334 g/mol. The van der Waals surface area contributed by atoms with Crippen molar-refractivity contribution in [3.8, 4) is 11.5 Å². The topological polar surface area (TPSA) is 51.4 Å². The first kappa shape index (κ1) is 16.4. The number of rotatable bonds is 6. The lowest BCUT2D eigenvalue weighted by Crippen LogP contribution is -2.16. The molecule has 1 aliphatic rings. The van der Waals surface area contributed by atoms with Gasteiger partial charge in [0, 0.05) is 28.5 Å². The van der Waals surface area contributed by atoms with Crippen LogP contribution in [0.2, 0.25) is 0 Å². The standard InChI is InChI=1S/C19H21N3O2S/c1-22(12-15-9-10-17(25-15)16-8-5-11-23-16)13-18-20-21-19(24-18)14-6-3-2-4-7-14/h2-4,6-7,9-10,16H,5,8,11-13H2,1H3. The highest BCUT2D eigenvalue weighted by molar-refractivity contribution is 7.12. The second kappa shape index (κ2) is 7.47. The maximum Gasteiger partial charge on any atom is 0.247 e. The normalized spacial score (nSPS) is 17.4. The SMILES string of the molecule is CN(Cc1nnc(-c2ccccc2)o1)Cc1ccc(C2CCCO2)s1. The quantitative estimate of drug-likeness (QED) is 0.660. The zero-order valence-corrected chi connectivity index (χ0v) is 15.0. The molecule has 4 rings (SSSR count). The van der Waals surface area contributed by atoms with Gasteiger partial charge >= 0.3 is 0 Å². The molecule has 0 bridgehead atoms. The molecule has 0 amide bonds. The molecule has 1 unspecified atom stereocenters. The molecule has 3 heterocycles. The van der Waals surface area contributed by atoms with E-state index in [1.54, 1.807) is 0 Å². The molecule has 0 N–H and O–H groups in total. The van der Waals surface area contributed by atoms with E-state index in [0.29, 0.717) is 24.4 Å². The Balaban J connectivity index is 1.36. The summed E-state index contributed by atoms with van der Waals surface area (Å²) in [7, 11) is 2.07. The molecule has 1 fully saturated rings. The average molecular weight is 355 g/mol. The molecular formula is C19H21N3O2S. The van der Waals surface area contributed by atoms with Gasteiger partial charge in [0.15, 0.2) is 0 Å². The first-order valence-electron chi connectivity index (χ1n) is 8.54. The van der Waals surface area contributed by atoms with E-state index < -0.39 is 0 Å². The van der Waals surface area contributed by atoms with Crippen LogP contribution in [-0.4, -0.2) is 28.8 Å². The lowest BCUT2D eigenvalue weighted by Gasteiger charge is -2.12. The van der Waals surface area contributed by atoms with Crippen molar-refractivity contribution in [3.63, 3.8) is 0 Å². The predicted octanol–water partition coefficient (Wildman–Crippen LogP) is 4.28. The fraction of sp³-hybridized carbons (Fsp3) is 0.368. The molecule has 0 saturated carbocycles. The van der Waals surface area contributed by atoms with Crippen molar-refractivity contribution < 1.29 is 9.15 Å². The lowest BCUT2D eigenvalue weighted by atomic mass is 10.2. The maximum atomic E-state index is 5.78. The third kappa shape index (κ3) is 3.98. The van der Waals surface area contributed by atoms with Crippen molar-refractivity contribution in [2.24, 2.45) is 0 Å². The third-order valence-electron chi connectivity index (χ3n) is 4.25. The summed E-state index contributed by atoms with van der Waals surface area (Å²) < 4.78 is 11.5. The zero-order valence-electron chi connectivity index (χ0n) is 14.2. The van der Waals surface area contributed by atoms with Gasteiger partial charge in [0.1, 0.15) is 0 Å². The van der Waals surface area contributed by atoms with E-state index in [9.17, 15) is 0 Å². The van der Waals surface area contributed by atoms with Crippen LogP contribution in [0, 0.1) is 0 Å². The van der Waals surface area contributed by atoms with Gasteiger partial charge < -0.3 is 9.15 Å². The van der Waals surface area contributed by atoms with E-state index in [1.807, 2.05) is 41.7 Å². The number of aromatic nitrogens is 2. The molecule has 1 saturated heterocycles. The van der Waals surface area contributed by atoms with Crippen molar-refractivity contribution in [2.75, 3.05) is 13.7 Å². The van der Waals surface area contributed by atoms with Crippen LogP contribution in [-0.2, 0) is 17.8 Å². The van der Waals surface area contributed by atoms with Gasteiger partial charge in [-0.25, -0.2) is 0 Å². The maximum absolute atomic E-state index is 5.78. The van der Waals surface area contributed by atoms with Gasteiger partial charge in [-0.15, -0.1) is 21.5 Å². The molecule has 1 aliphatic heterocycles. The minimum Gasteiger partial charge on any atom is -0.419 e. The molecule has 0 radical (unpaired) electrons. The van der Waals surface area contributed by atoms with Crippen molar-refractivity contribution in [1.29, 1.82) is 0 Å². The van der Waals surface area contributed by atoms with Gasteiger partial charge in [0.25, 0.3) is 0 Å². The van der Waals surface area contributed by atoms with Gasteiger partial charge in [-0.1, -0.05) is 18.2 Å². The van der Waals surface area contributed by atoms with E-state index in [2.05, 4.69) is 34.3 Å². The molecule has 1 atom stereocenters. The Morgan fingerprint density at radius 2 is 2.00 bits per heavy atom. The van der Waals surface area contributed by atoms with Crippen molar-refractivity contribution in [3.05, 3.63) is 58.1 Å². The summed E-state index contributed by atoms with van der Waals surface area (Å²) in [5.41, 5.74) is 0.948. The van der Waals surface area contributed by atoms with Crippen LogP contribution in [0.3, 0.4) is 0 Å². The Hall–Kier alpha value is -2.02. The molecule has 5 nitrogen and oxygen atoms in total. The Labute approximate surface area is 151 Å². The highest BCUT2D eigenvalue weighted by Gasteiger charge is 2.19. The summed E-state index contributed by atoms with van der Waals surface area (Å²) in [6, 6.07) is 14.2. The van der Waals surface area contributed by atoms with Crippen molar-refractivity contribution in [2.45, 2.75) is 32.0 Å². The Bertz CT molecular complexity index is 809. The molecule has 0 spiro atoms. The largest absolute Gasteiger partial charge is 0.419 e. The Kier molecular flexibility index (Phi) is 4.92. The van der Waals surface area contributed by atoms with Crippen LogP contribution >= 0.6 is 11.3 Å². The summed E-state index contributed by atoms with van der Waals surface area (Å²) >= 11 is 1.84. The van der Waals surface area contributed by atoms with Crippen molar-refractivity contribution >= 4 is 11.3 Å². The fourth-order valence-electron chi connectivity index (χ4n) is 3.02. The van der Waals surface area contributed by atoms with Crippen LogP contribution in [0.15, 0.2) is 46.9 Å². The summed E-state index contributed by atoms with van der Waals surface area (Å²) in [5, 5.41) is 8.31. The van der Waals surface area contributed by atoms with E-state index in [4.69, 9.17) is 9.15 Å². The molecule has 0 aliphatic carbocycles. The van der Waals surface area contributed by atoms with E-state index in [1.165, 1.54) is 16.2 Å². The number of thiophene rings is 1. The number of benzene rings is 1. The van der Waals surface area contributed by atoms with Gasteiger partial charge in [-0.3, -0.25) is 4.90 Å². The van der Waals surface area contributed by atoms with E-state index in [-0.39, 0.29) is 0 Å². The van der Waals surface area contributed by atoms with Gasteiger partial charge in [0.2, 0.25) is 11.8 Å². The van der Waals surface area contributed by atoms with E-state index >= 15 is 0 Å². The molecule has 2 aromatic heterocycles. The van der Waals surface area contributed by atoms with Crippen LogP contribution < -0.4 is 0 Å². The third-order valence-corrected chi connectivity index (χ3v) is 5.41. The van der Waals surface area contributed by atoms with Gasteiger partial charge in [0.05, 0.1) is 12.6 Å². The second-order valence-electron chi connectivity index (χ2n) is 6.35. The highest BCUT2D eigenvalue weighted by Crippen LogP contribution is 2.33. The zero-order chi connectivity index (χ0) is 17.1. The highest BCUT2D eigenvalue weighted by atomic mass is 32.1. The van der Waals surface area contributed by atoms with E-state index in [0.717, 1.165) is 25.1 Å². The minimum absolute atomic E-state index is 0.299. The number of hydrogen-bond acceptors (Lipinski definition) is 6. The number of hydrogen-bond donors (Lipinski definition) is 0.